The average Bonchev–Trinajstić information content (AvgIpc) is 2.67. The zero-order chi connectivity index (χ0) is 17.8. The lowest BCUT2D eigenvalue weighted by molar-refractivity contribution is 0.0703. The van der Waals surface area contributed by atoms with Crippen molar-refractivity contribution in [1.82, 2.24) is 15.1 Å². The lowest BCUT2D eigenvalue weighted by Gasteiger charge is -2.38. The van der Waals surface area contributed by atoms with Gasteiger partial charge in [0.25, 0.3) is 5.91 Å². The number of piperazine rings is 1. The summed E-state index contributed by atoms with van der Waals surface area (Å²) in [6.07, 6.45) is 2.08. The molecule has 2 heterocycles. The van der Waals surface area contributed by atoms with Crippen LogP contribution < -0.4 is 10.2 Å². The maximum absolute atomic E-state index is 12.7. The third kappa shape index (κ3) is 5.98. The van der Waals surface area contributed by atoms with Gasteiger partial charge in [-0.25, -0.2) is 0 Å². The van der Waals surface area contributed by atoms with Crippen LogP contribution in [0, 0.1) is 0 Å². The van der Waals surface area contributed by atoms with Crippen LogP contribution in [0.1, 0.15) is 37.0 Å². The van der Waals surface area contributed by atoms with Gasteiger partial charge in [-0.05, 0) is 64.0 Å². The first-order chi connectivity index (χ1) is 12.1. The predicted molar refractivity (Wildman–Crippen MR) is 118 cm³/mol. The molecule has 154 valence electrons. The summed E-state index contributed by atoms with van der Waals surface area (Å²) in [5.74, 6) is 0.142. The number of halogens is 2. The normalized spacial score (nSPS) is 18.6. The van der Waals surface area contributed by atoms with Crippen molar-refractivity contribution in [1.29, 1.82) is 0 Å². The molecule has 0 aliphatic carbocycles. The number of hydrogen-bond acceptors (Lipinski definition) is 4. The molecule has 0 radical (unpaired) electrons. The second-order valence-corrected chi connectivity index (χ2v) is 7.56. The summed E-state index contributed by atoms with van der Waals surface area (Å²) in [6.45, 7) is 10.9. The number of anilines is 1. The van der Waals surface area contributed by atoms with Gasteiger partial charge in [0.1, 0.15) is 0 Å². The van der Waals surface area contributed by atoms with Crippen LogP contribution in [0.2, 0.25) is 0 Å². The Bertz CT molecular complexity index is 568. The summed E-state index contributed by atoms with van der Waals surface area (Å²) in [7, 11) is 1.94. The monoisotopic (exact) mass is 416 g/mol. The molecule has 7 heteroatoms. The Morgan fingerprint density at radius 3 is 2.11 bits per heavy atom. The van der Waals surface area contributed by atoms with Crippen LogP contribution in [0.5, 0.6) is 0 Å². The lowest BCUT2D eigenvalue weighted by atomic mass is 10.0. The van der Waals surface area contributed by atoms with Gasteiger partial charge < -0.3 is 15.1 Å². The van der Waals surface area contributed by atoms with Gasteiger partial charge in [-0.3, -0.25) is 9.69 Å². The van der Waals surface area contributed by atoms with E-state index in [1.807, 2.05) is 24.1 Å². The quantitative estimate of drug-likeness (QED) is 0.818. The van der Waals surface area contributed by atoms with E-state index in [9.17, 15) is 4.79 Å². The van der Waals surface area contributed by atoms with Gasteiger partial charge in [0.15, 0.2) is 0 Å². The Kier molecular flexibility index (Phi) is 9.88. The highest BCUT2D eigenvalue weighted by molar-refractivity contribution is 5.94. The summed E-state index contributed by atoms with van der Waals surface area (Å²) in [5.41, 5.74) is 2.02. The standard InChI is InChI=1S/C20H32N4O.2ClH/c1-16(2)23-12-14-24(15-13-23)19-6-4-17(5-7-19)20(25)22(3)18-8-10-21-11-9-18;;/h4-7,16,18,21H,8-15H2,1-3H3;2*1H. The average molecular weight is 417 g/mol. The summed E-state index contributed by atoms with van der Waals surface area (Å²) in [6, 6.07) is 9.17. The molecule has 1 amide bonds. The highest BCUT2D eigenvalue weighted by Gasteiger charge is 2.23. The van der Waals surface area contributed by atoms with Crippen molar-refractivity contribution < 1.29 is 4.79 Å². The molecule has 0 bridgehead atoms. The van der Waals surface area contributed by atoms with Gasteiger partial charge in [0.05, 0.1) is 0 Å². The van der Waals surface area contributed by atoms with Crippen LogP contribution in [0.25, 0.3) is 0 Å². The number of hydrogen-bond donors (Lipinski definition) is 1. The molecule has 2 fully saturated rings. The topological polar surface area (TPSA) is 38.8 Å². The van der Waals surface area contributed by atoms with Crippen LogP contribution in [0.4, 0.5) is 5.69 Å². The SMILES string of the molecule is CC(C)N1CCN(c2ccc(C(=O)N(C)C3CCNCC3)cc2)CC1.Cl.Cl. The van der Waals surface area contributed by atoms with Crippen LogP contribution >= 0.6 is 24.8 Å². The third-order valence-corrected chi connectivity index (χ3v) is 5.70. The molecule has 0 spiro atoms. The molecule has 2 aliphatic heterocycles. The molecule has 1 N–H and O–H groups in total. The van der Waals surface area contributed by atoms with Gasteiger partial charge in [0, 0.05) is 56.6 Å². The number of carbonyl (C=O) groups excluding carboxylic acids is 1. The molecule has 0 saturated carbocycles. The van der Waals surface area contributed by atoms with Gasteiger partial charge >= 0.3 is 0 Å². The van der Waals surface area contributed by atoms with Crippen molar-refractivity contribution >= 4 is 36.4 Å². The molecule has 27 heavy (non-hydrogen) atoms. The minimum atomic E-state index is 0. The first-order valence-corrected chi connectivity index (χ1v) is 9.63. The van der Waals surface area contributed by atoms with E-state index in [4.69, 9.17) is 0 Å². The van der Waals surface area contributed by atoms with E-state index in [0.717, 1.165) is 57.7 Å². The fourth-order valence-corrected chi connectivity index (χ4v) is 3.87. The lowest BCUT2D eigenvalue weighted by Crippen LogP contribution is -2.48. The Balaban J connectivity index is 0.00000182. The number of amides is 1. The number of nitrogens with zero attached hydrogens (tertiary/aromatic N) is 3. The Morgan fingerprint density at radius 2 is 1.59 bits per heavy atom. The number of nitrogens with one attached hydrogen (secondary N) is 1. The molecule has 2 saturated heterocycles. The molecule has 3 rings (SSSR count). The van der Waals surface area contributed by atoms with Gasteiger partial charge in [-0.15, -0.1) is 24.8 Å². The number of benzene rings is 1. The van der Waals surface area contributed by atoms with Crippen molar-refractivity contribution in [2.75, 3.05) is 51.2 Å². The summed E-state index contributed by atoms with van der Waals surface area (Å²) >= 11 is 0. The van der Waals surface area contributed by atoms with E-state index in [1.54, 1.807) is 0 Å². The second kappa shape index (κ2) is 11.1. The van der Waals surface area contributed by atoms with E-state index in [-0.39, 0.29) is 30.7 Å². The minimum Gasteiger partial charge on any atom is -0.369 e. The van der Waals surface area contributed by atoms with Gasteiger partial charge in [-0.2, -0.15) is 0 Å². The molecule has 1 aromatic carbocycles. The summed E-state index contributed by atoms with van der Waals surface area (Å²) in [4.78, 5) is 19.6. The number of piperidine rings is 1. The van der Waals surface area contributed by atoms with Crippen molar-refractivity contribution in [2.24, 2.45) is 0 Å². The van der Waals surface area contributed by atoms with Crippen molar-refractivity contribution in [2.45, 2.75) is 38.8 Å². The fraction of sp³-hybridized carbons (Fsp3) is 0.650. The van der Waals surface area contributed by atoms with Crippen LogP contribution in [0.3, 0.4) is 0 Å². The molecule has 1 aromatic rings. The van der Waals surface area contributed by atoms with E-state index >= 15 is 0 Å². The Hall–Kier alpha value is -1.01. The van der Waals surface area contributed by atoms with Crippen molar-refractivity contribution in [3.63, 3.8) is 0 Å². The van der Waals surface area contributed by atoms with Crippen molar-refractivity contribution in [3.8, 4) is 0 Å². The maximum atomic E-state index is 12.7. The van der Waals surface area contributed by atoms with Gasteiger partial charge in [0.2, 0.25) is 0 Å². The van der Waals surface area contributed by atoms with E-state index in [2.05, 4.69) is 41.1 Å². The Labute approximate surface area is 176 Å². The van der Waals surface area contributed by atoms with Crippen LogP contribution in [-0.2, 0) is 0 Å². The van der Waals surface area contributed by atoms with Crippen molar-refractivity contribution in [3.05, 3.63) is 29.8 Å². The second-order valence-electron chi connectivity index (χ2n) is 7.56. The first-order valence-electron chi connectivity index (χ1n) is 9.63. The molecular formula is C20H34Cl2N4O. The summed E-state index contributed by atoms with van der Waals surface area (Å²) < 4.78 is 0. The van der Waals surface area contributed by atoms with Gasteiger partial charge in [-0.1, -0.05) is 0 Å². The predicted octanol–water partition coefficient (Wildman–Crippen LogP) is 2.88. The maximum Gasteiger partial charge on any atom is 0.253 e. The molecule has 2 aliphatic rings. The molecule has 5 nitrogen and oxygen atoms in total. The smallest absolute Gasteiger partial charge is 0.253 e. The first kappa shape index (κ1) is 24.0. The molecule has 0 unspecified atom stereocenters. The Morgan fingerprint density at radius 1 is 1.04 bits per heavy atom. The number of carbonyl (C=O) groups is 1. The highest BCUT2D eigenvalue weighted by atomic mass is 35.5. The molecular weight excluding hydrogens is 383 g/mol. The van der Waals surface area contributed by atoms with E-state index in [1.165, 1.54) is 5.69 Å². The van der Waals surface area contributed by atoms with E-state index < -0.39 is 0 Å². The fourth-order valence-electron chi connectivity index (χ4n) is 3.87. The molecule has 0 atom stereocenters. The zero-order valence-corrected chi connectivity index (χ0v) is 18.3. The van der Waals surface area contributed by atoms with E-state index in [0.29, 0.717) is 12.1 Å². The third-order valence-electron chi connectivity index (χ3n) is 5.70. The molecule has 0 aromatic heterocycles. The minimum absolute atomic E-state index is 0. The van der Waals surface area contributed by atoms with Crippen LogP contribution in [0.15, 0.2) is 24.3 Å². The van der Waals surface area contributed by atoms with Crippen LogP contribution in [-0.4, -0.2) is 74.1 Å². The summed E-state index contributed by atoms with van der Waals surface area (Å²) in [5, 5.41) is 3.36. The largest absolute Gasteiger partial charge is 0.369 e. The number of rotatable bonds is 4. The zero-order valence-electron chi connectivity index (χ0n) is 16.7. The highest BCUT2D eigenvalue weighted by Crippen LogP contribution is 2.20.